The number of hydrogen-bond acceptors (Lipinski definition) is 2. The van der Waals surface area contributed by atoms with Gasteiger partial charge >= 0.3 is 0 Å². The zero-order valence-electron chi connectivity index (χ0n) is 13.8. The van der Waals surface area contributed by atoms with E-state index in [1.54, 1.807) is 0 Å². The van der Waals surface area contributed by atoms with Crippen LogP contribution in [-0.4, -0.2) is 6.01 Å². The maximum atomic E-state index is 5.62. The van der Waals surface area contributed by atoms with E-state index in [2.05, 4.69) is 70.2 Å². The maximum Gasteiger partial charge on any atom is 0.0831 e. The van der Waals surface area contributed by atoms with Gasteiger partial charge in [0.2, 0.25) is 0 Å². The molecule has 2 nitrogen and oxygen atoms in total. The molecule has 0 heterocycles. The second-order valence-electron chi connectivity index (χ2n) is 6.42. The van der Waals surface area contributed by atoms with Gasteiger partial charge in [-0.3, -0.25) is 0 Å². The first-order chi connectivity index (χ1) is 10.5. The molecule has 2 aromatic rings. The highest BCUT2D eigenvalue weighted by atomic mass is 14.4. The van der Waals surface area contributed by atoms with Crippen molar-refractivity contribution in [3.63, 3.8) is 0 Å². The third-order valence-corrected chi connectivity index (χ3v) is 4.31. The Labute approximate surface area is 132 Å². The summed E-state index contributed by atoms with van der Waals surface area (Å²) in [6, 6.07) is 14.7. The molecule has 0 saturated carbocycles. The SMILES string of the molecule is CC(C)C1=CC(C(C)C)c2cccc3cccc1c23.N=C=N. The van der Waals surface area contributed by atoms with Gasteiger partial charge in [-0.25, -0.2) is 10.8 Å². The van der Waals surface area contributed by atoms with Gasteiger partial charge in [-0.15, -0.1) is 0 Å². The van der Waals surface area contributed by atoms with Crippen LogP contribution in [0.1, 0.15) is 44.7 Å². The minimum absolute atomic E-state index is 0.552. The molecular weight excluding hydrogens is 268 g/mol. The van der Waals surface area contributed by atoms with Crippen molar-refractivity contribution in [3.8, 4) is 0 Å². The molecule has 22 heavy (non-hydrogen) atoms. The number of rotatable bonds is 2. The van der Waals surface area contributed by atoms with Gasteiger partial charge in [-0.05, 0) is 39.3 Å². The molecule has 1 atom stereocenters. The van der Waals surface area contributed by atoms with Gasteiger partial charge in [0.1, 0.15) is 0 Å². The van der Waals surface area contributed by atoms with Gasteiger partial charge in [0, 0.05) is 5.92 Å². The number of nitrogens with one attached hydrogen (secondary N) is 2. The average molecular weight is 292 g/mol. The van der Waals surface area contributed by atoms with Crippen LogP contribution in [0.4, 0.5) is 0 Å². The van der Waals surface area contributed by atoms with Crippen LogP contribution in [0.15, 0.2) is 42.5 Å². The molecule has 2 aromatic carbocycles. The van der Waals surface area contributed by atoms with Crippen LogP contribution in [-0.2, 0) is 0 Å². The second kappa shape index (κ2) is 6.72. The van der Waals surface area contributed by atoms with Crippen LogP contribution in [0.3, 0.4) is 0 Å². The fraction of sp³-hybridized carbons (Fsp3) is 0.350. The molecule has 0 aromatic heterocycles. The van der Waals surface area contributed by atoms with Crippen LogP contribution in [0, 0.1) is 22.7 Å². The van der Waals surface area contributed by atoms with Crippen molar-refractivity contribution in [1.82, 2.24) is 0 Å². The lowest BCUT2D eigenvalue weighted by Gasteiger charge is -2.29. The van der Waals surface area contributed by atoms with E-state index in [0.29, 0.717) is 17.8 Å². The van der Waals surface area contributed by atoms with E-state index >= 15 is 0 Å². The fourth-order valence-electron chi connectivity index (χ4n) is 3.32. The highest BCUT2D eigenvalue weighted by Crippen LogP contribution is 2.43. The molecule has 0 saturated heterocycles. The highest BCUT2D eigenvalue weighted by molar-refractivity contribution is 5.99. The first-order valence-corrected chi connectivity index (χ1v) is 7.83. The van der Waals surface area contributed by atoms with Crippen LogP contribution in [0.2, 0.25) is 0 Å². The van der Waals surface area contributed by atoms with Crippen molar-refractivity contribution >= 4 is 22.4 Å². The number of hydrogen-bond donors (Lipinski definition) is 2. The summed E-state index contributed by atoms with van der Waals surface area (Å²) in [4.78, 5) is 0. The van der Waals surface area contributed by atoms with Gasteiger partial charge in [0.15, 0.2) is 0 Å². The van der Waals surface area contributed by atoms with Crippen molar-refractivity contribution in [2.24, 2.45) is 11.8 Å². The quantitative estimate of drug-likeness (QED) is 0.642. The summed E-state index contributed by atoms with van der Waals surface area (Å²) in [6.45, 7) is 9.25. The Balaban J connectivity index is 0.000000545. The van der Waals surface area contributed by atoms with Crippen molar-refractivity contribution in [2.75, 3.05) is 0 Å². The Bertz CT molecular complexity index is 727. The Hall–Kier alpha value is -2.18. The standard InChI is InChI=1S/C19H22.CH2N2/c1-12(2)17-11-18(13(3)4)16-10-6-8-14-7-5-9-15(17)19(14)16;2-1-3/h5-13,17H,1-4H3;2-3H. The minimum atomic E-state index is 0.552. The third-order valence-electron chi connectivity index (χ3n) is 4.31. The lowest BCUT2D eigenvalue weighted by molar-refractivity contribution is 0.577. The summed E-state index contributed by atoms with van der Waals surface area (Å²) >= 11 is 0. The van der Waals surface area contributed by atoms with E-state index in [4.69, 9.17) is 10.8 Å². The van der Waals surface area contributed by atoms with Crippen molar-refractivity contribution in [2.45, 2.75) is 33.6 Å². The van der Waals surface area contributed by atoms with Crippen molar-refractivity contribution in [1.29, 1.82) is 10.8 Å². The average Bonchev–Trinajstić information content (AvgIpc) is 2.48. The second-order valence-corrected chi connectivity index (χ2v) is 6.42. The van der Waals surface area contributed by atoms with Crippen LogP contribution < -0.4 is 0 Å². The monoisotopic (exact) mass is 292 g/mol. The fourth-order valence-corrected chi connectivity index (χ4v) is 3.32. The summed E-state index contributed by atoms with van der Waals surface area (Å²) in [5, 5.41) is 14.1. The lowest BCUT2D eigenvalue weighted by Crippen LogP contribution is -2.12. The maximum absolute atomic E-state index is 5.62. The molecule has 3 rings (SSSR count). The van der Waals surface area contributed by atoms with Crippen LogP contribution in [0.25, 0.3) is 16.3 Å². The smallest absolute Gasteiger partial charge is 0.0831 e. The van der Waals surface area contributed by atoms with Crippen LogP contribution >= 0.6 is 0 Å². The number of allylic oxidation sites excluding steroid dienone is 2. The molecule has 0 aliphatic heterocycles. The molecule has 0 radical (unpaired) electrons. The zero-order chi connectivity index (χ0) is 16.3. The zero-order valence-corrected chi connectivity index (χ0v) is 13.8. The molecule has 1 aliphatic rings. The predicted molar refractivity (Wildman–Crippen MR) is 94.8 cm³/mol. The van der Waals surface area contributed by atoms with Crippen LogP contribution in [0.5, 0.6) is 0 Å². The third kappa shape index (κ3) is 2.88. The van der Waals surface area contributed by atoms with E-state index < -0.39 is 0 Å². The normalized spacial score (nSPS) is 16.1. The molecule has 0 bridgehead atoms. The Morgan fingerprint density at radius 1 is 0.955 bits per heavy atom. The molecule has 0 fully saturated rings. The summed E-state index contributed by atoms with van der Waals surface area (Å²) in [6.07, 6.45) is 2.51. The van der Waals surface area contributed by atoms with E-state index in [9.17, 15) is 0 Å². The largest absolute Gasteiger partial charge is 0.242 e. The summed E-state index contributed by atoms with van der Waals surface area (Å²) in [5.74, 6) is 1.78. The van der Waals surface area contributed by atoms with Gasteiger partial charge in [-0.2, -0.15) is 0 Å². The van der Waals surface area contributed by atoms with Gasteiger partial charge < -0.3 is 0 Å². The predicted octanol–water partition coefficient (Wildman–Crippen LogP) is 5.95. The topological polar surface area (TPSA) is 47.7 Å². The lowest BCUT2D eigenvalue weighted by atomic mass is 9.75. The highest BCUT2D eigenvalue weighted by Gasteiger charge is 2.24. The summed E-state index contributed by atoms with van der Waals surface area (Å²) in [7, 11) is 0. The molecule has 1 aliphatic carbocycles. The van der Waals surface area contributed by atoms with E-state index in [1.165, 1.54) is 33.5 Å². The molecular formula is C20H24N2. The molecule has 114 valence electrons. The molecule has 2 N–H and O–H groups in total. The van der Waals surface area contributed by atoms with E-state index in [0.717, 1.165) is 0 Å². The van der Waals surface area contributed by atoms with Crippen molar-refractivity contribution < 1.29 is 0 Å². The summed E-state index contributed by atoms with van der Waals surface area (Å²) < 4.78 is 0. The first-order valence-electron chi connectivity index (χ1n) is 7.83. The Morgan fingerprint density at radius 2 is 1.55 bits per heavy atom. The molecule has 0 amide bonds. The van der Waals surface area contributed by atoms with Gasteiger partial charge in [-0.1, -0.05) is 70.2 Å². The molecule has 1 unspecified atom stereocenters. The van der Waals surface area contributed by atoms with Gasteiger partial charge in [0.25, 0.3) is 0 Å². The van der Waals surface area contributed by atoms with E-state index in [-0.39, 0.29) is 0 Å². The Kier molecular flexibility index (Phi) is 4.95. The summed E-state index contributed by atoms with van der Waals surface area (Å²) in [5.41, 5.74) is 4.47. The minimum Gasteiger partial charge on any atom is -0.242 e. The van der Waals surface area contributed by atoms with Crippen molar-refractivity contribution in [3.05, 3.63) is 53.6 Å². The van der Waals surface area contributed by atoms with Gasteiger partial charge in [0.05, 0.1) is 6.01 Å². The Morgan fingerprint density at radius 3 is 2.09 bits per heavy atom. The number of benzene rings is 2. The molecule has 2 heteroatoms. The van der Waals surface area contributed by atoms with E-state index in [1.807, 2.05) is 0 Å². The molecule has 0 spiro atoms. The first kappa shape index (κ1) is 16.2.